The molecule has 2 aromatic rings. The SMILES string of the molecule is CCCn1ncnc1Cn1cnc2c(c1=O)CCNC2. The summed E-state index contributed by atoms with van der Waals surface area (Å²) in [5.74, 6) is 0.796. The van der Waals surface area contributed by atoms with E-state index in [1.807, 2.05) is 4.68 Å². The van der Waals surface area contributed by atoms with Gasteiger partial charge in [-0.25, -0.2) is 14.6 Å². The molecule has 0 unspecified atom stereocenters. The standard InChI is InChI=1S/C13H18N6O/c1-2-5-19-12(15-8-17-19)7-18-9-16-11-6-14-4-3-10(11)13(18)20/h8-9,14H,2-7H2,1H3. The highest BCUT2D eigenvalue weighted by molar-refractivity contribution is 5.19. The molecule has 7 heteroatoms. The van der Waals surface area contributed by atoms with Crippen molar-refractivity contribution < 1.29 is 0 Å². The lowest BCUT2D eigenvalue weighted by molar-refractivity contribution is 0.540. The molecule has 1 aliphatic rings. The first-order valence-corrected chi connectivity index (χ1v) is 6.94. The van der Waals surface area contributed by atoms with Crippen LogP contribution in [-0.2, 0) is 26.1 Å². The van der Waals surface area contributed by atoms with Crippen LogP contribution in [0.5, 0.6) is 0 Å². The molecule has 0 aliphatic carbocycles. The minimum atomic E-state index is 0.0440. The predicted molar refractivity (Wildman–Crippen MR) is 73.3 cm³/mol. The molecule has 0 bridgehead atoms. The van der Waals surface area contributed by atoms with Crippen molar-refractivity contribution in [3.8, 4) is 0 Å². The lowest BCUT2D eigenvalue weighted by Crippen LogP contribution is -2.34. The third-order valence-corrected chi connectivity index (χ3v) is 3.51. The number of fused-ring (bicyclic) bond motifs is 1. The topological polar surface area (TPSA) is 77.6 Å². The highest BCUT2D eigenvalue weighted by atomic mass is 16.1. The summed E-state index contributed by atoms with van der Waals surface area (Å²) in [5, 5.41) is 7.40. The number of aryl methyl sites for hydroxylation is 1. The van der Waals surface area contributed by atoms with Crippen LogP contribution in [0.25, 0.3) is 0 Å². The molecule has 20 heavy (non-hydrogen) atoms. The molecule has 0 amide bonds. The summed E-state index contributed by atoms with van der Waals surface area (Å²) in [6.07, 6.45) is 4.87. The second-order valence-corrected chi connectivity index (χ2v) is 4.93. The third kappa shape index (κ3) is 2.36. The maximum atomic E-state index is 12.4. The van der Waals surface area contributed by atoms with Gasteiger partial charge < -0.3 is 5.32 Å². The first-order chi connectivity index (χ1) is 9.79. The quantitative estimate of drug-likeness (QED) is 0.845. The van der Waals surface area contributed by atoms with E-state index in [0.717, 1.165) is 43.0 Å². The van der Waals surface area contributed by atoms with Crippen molar-refractivity contribution in [1.29, 1.82) is 0 Å². The summed E-state index contributed by atoms with van der Waals surface area (Å²) in [6, 6.07) is 0. The smallest absolute Gasteiger partial charge is 0.257 e. The summed E-state index contributed by atoms with van der Waals surface area (Å²) < 4.78 is 3.47. The van der Waals surface area contributed by atoms with Gasteiger partial charge in [0.2, 0.25) is 0 Å². The van der Waals surface area contributed by atoms with Crippen molar-refractivity contribution in [2.24, 2.45) is 0 Å². The molecule has 0 radical (unpaired) electrons. The Bertz CT molecular complexity index is 659. The second-order valence-electron chi connectivity index (χ2n) is 4.93. The van der Waals surface area contributed by atoms with Gasteiger partial charge in [-0.3, -0.25) is 9.36 Å². The zero-order valence-electron chi connectivity index (χ0n) is 11.5. The van der Waals surface area contributed by atoms with E-state index < -0.39 is 0 Å². The van der Waals surface area contributed by atoms with Crippen LogP contribution in [0.2, 0.25) is 0 Å². The fourth-order valence-corrected chi connectivity index (χ4v) is 2.46. The molecule has 0 saturated heterocycles. The van der Waals surface area contributed by atoms with Gasteiger partial charge in [0.1, 0.15) is 12.2 Å². The first kappa shape index (κ1) is 13.0. The van der Waals surface area contributed by atoms with E-state index in [1.165, 1.54) is 6.33 Å². The highest BCUT2D eigenvalue weighted by Crippen LogP contribution is 2.06. The molecule has 0 atom stereocenters. The number of nitrogens with zero attached hydrogens (tertiary/aromatic N) is 5. The molecule has 2 aromatic heterocycles. The Balaban J connectivity index is 1.91. The van der Waals surface area contributed by atoms with Crippen LogP contribution in [0.3, 0.4) is 0 Å². The van der Waals surface area contributed by atoms with Gasteiger partial charge in [0, 0.05) is 18.7 Å². The van der Waals surface area contributed by atoms with Crippen molar-refractivity contribution in [3.05, 3.63) is 40.1 Å². The van der Waals surface area contributed by atoms with Crippen LogP contribution in [0.1, 0.15) is 30.4 Å². The normalized spacial score (nSPS) is 14.2. The number of hydrogen-bond acceptors (Lipinski definition) is 5. The third-order valence-electron chi connectivity index (χ3n) is 3.51. The molecular formula is C13H18N6O. The number of nitrogens with one attached hydrogen (secondary N) is 1. The van der Waals surface area contributed by atoms with Gasteiger partial charge in [-0.15, -0.1) is 0 Å². The monoisotopic (exact) mass is 274 g/mol. The summed E-state index contributed by atoms with van der Waals surface area (Å²) in [6.45, 7) is 4.83. The Labute approximate surface area is 116 Å². The van der Waals surface area contributed by atoms with Gasteiger partial charge in [0.15, 0.2) is 0 Å². The molecule has 0 aromatic carbocycles. The summed E-state index contributed by atoms with van der Waals surface area (Å²) in [5.41, 5.74) is 1.74. The van der Waals surface area contributed by atoms with E-state index in [2.05, 4.69) is 27.3 Å². The number of hydrogen-bond donors (Lipinski definition) is 1. The molecule has 1 aliphatic heterocycles. The van der Waals surface area contributed by atoms with Crippen molar-refractivity contribution in [2.75, 3.05) is 6.54 Å². The van der Waals surface area contributed by atoms with E-state index in [9.17, 15) is 4.79 Å². The van der Waals surface area contributed by atoms with E-state index >= 15 is 0 Å². The zero-order valence-corrected chi connectivity index (χ0v) is 11.5. The number of rotatable bonds is 4. The van der Waals surface area contributed by atoms with Gasteiger partial charge in [-0.2, -0.15) is 5.10 Å². The molecule has 0 saturated carbocycles. The Hall–Kier alpha value is -2.02. The van der Waals surface area contributed by atoms with Crippen molar-refractivity contribution in [1.82, 2.24) is 29.6 Å². The van der Waals surface area contributed by atoms with Crippen LogP contribution in [0.4, 0.5) is 0 Å². The van der Waals surface area contributed by atoms with E-state index in [1.54, 1.807) is 10.9 Å². The van der Waals surface area contributed by atoms with Crippen LogP contribution in [0, 0.1) is 0 Å². The van der Waals surface area contributed by atoms with Crippen LogP contribution < -0.4 is 10.9 Å². The molecule has 1 N–H and O–H groups in total. The summed E-state index contributed by atoms with van der Waals surface area (Å²) in [7, 11) is 0. The predicted octanol–water partition coefficient (Wildman–Crippen LogP) is -0.0612. The number of aromatic nitrogens is 5. The zero-order chi connectivity index (χ0) is 13.9. The van der Waals surface area contributed by atoms with Gasteiger partial charge in [0.05, 0.1) is 18.6 Å². The molecule has 0 spiro atoms. The van der Waals surface area contributed by atoms with Crippen molar-refractivity contribution in [3.63, 3.8) is 0 Å². The average Bonchev–Trinajstić information content (AvgIpc) is 2.90. The minimum Gasteiger partial charge on any atom is -0.311 e. The fourth-order valence-electron chi connectivity index (χ4n) is 2.46. The maximum Gasteiger partial charge on any atom is 0.257 e. The Kier molecular flexibility index (Phi) is 3.60. The molecule has 7 nitrogen and oxygen atoms in total. The van der Waals surface area contributed by atoms with Crippen LogP contribution >= 0.6 is 0 Å². The molecule has 0 fully saturated rings. The second kappa shape index (κ2) is 5.54. The van der Waals surface area contributed by atoms with E-state index in [-0.39, 0.29) is 5.56 Å². The largest absolute Gasteiger partial charge is 0.311 e. The maximum absolute atomic E-state index is 12.4. The minimum absolute atomic E-state index is 0.0440. The average molecular weight is 274 g/mol. The fraction of sp³-hybridized carbons (Fsp3) is 0.538. The van der Waals surface area contributed by atoms with Gasteiger partial charge in [0.25, 0.3) is 5.56 Å². The van der Waals surface area contributed by atoms with Crippen molar-refractivity contribution in [2.45, 2.75) is 39.4 Å². The van der Waals surface area contributed by atoms with Crippen molar-refractivity contribution >= 4 is 0 Å². The Morgan fingerprint density at radius 1 is 1.40 bits per heavy atom. The van der Waals surface area contributed by atoms with Crippen LogP contribution in [0.15, 0.2) is 17.4 Å². The van der Waals surface area contributed by atoms with Crippen LogP contribution in [-0.4, -0.2) is 30.9 Å². The molecular weight excluding hydrogens is 256 g/mol. The lowest BCUT2D eigenvalue weighted by atomic mass is 10.1. The Morgan fingerprint density at radius 3 is 3.15 bits per heavy atom. The molecule has 106 valence electrons. The molecule has 3 rings (SSSR count). The molecule has 3 heterocycles. The van der Waals surface area contributed by atoms with E-state index in [4.69, 9.17) is 0 Å². The highest BCUT2D eigenvalue weighted by Gasteiger charge is 2.16. The summed E-state index contributed by atoms with van der Waals surface area (Å²) in [4.78, 5) is 21.1. The first-order valence-electron chi connectivity index (χ1n) is 6.94. The van der Waals surface area contributed by atoms with E-state index in [0.29, 0.717) is 13.1 Å². The summed E-state index contributed by atoms with van der Waals surface area (Å²) >= 11 is 0. The lowest BCUT2D eigenvalue weighted by Gasteiger charge is -2.16. The van der Waals surface area contributed by atoms with Gasteiger partial charge in [-0.05, 0) is 19.4 Å². The van der Waals surface area contributed by atoms with Gasteiger partial charge in [-0.1, -0.05) is 6.92 Å². The Morgan fingerprint density at radius 2 is 2.30 bits per heavy atom. The van der Waals surface area contributed by atoms with Gasteiger partial charge >= 0.3 is 0 Å².